The molecule has 1 saturated carbocycles. The molecule has 2 fully saturated rings. The predicted octanol–water partition coefficient (Wildman–Crippen LogP) is 4.25. The summed E-state index contributed by atoms with van der Waals surface area (Å²) in [6, 6.07) is 13.2. The molecule has 3 aromatic rings. The summed E-state index contributed by atoms with van der Waals surface area (Å²) in [6.07, 6.45) is 5.86. The van der Waals surface area contributed by atoms with E-state index in [-0.39, 0.29) is 11.9 Å². The van der Waals surface area contributed by atoms with Crippen LogP contribution in [-0.2, 0) is 0 Å². The summed E-state index contributed by atoms with van der Waals surface area (Å²) < 4.78 is 27.6. The number of hydrogen-bond donors (Lipinski definition) is 0. The van der Waals surface area contributed by atoms with Crippen molar-refractivity contribution in [3.63, 3.8) is 0 Å². The quantitative estimate of drug-likeness (QED) is 0.501. The van der Waals surface area contributed by atoms with E-state index in [9.17, 15) is 4.39 Å². The van der Waals surface area contributed by atoms with Gasteiger partial charge in [0.15, 0.2) is 17.3 Å². The lowest BCUT2D eigenvalue weighted by Crippen LogP contribution is -2.48. The Morgan fingerprint density at radius 3 is 2.37 bits per heavy atom. The minimum absolute atomic E-state index is 0.144. The molecular formula is C26H33FN6O2. The van der Waals surface area contributed by atoms with Crippen molar-refractivity contribution < 1.29 is 13.9 Å². The second-order valence-corrected chi connectivity index (χ2v) is 9.26. The van der Waals surface area contributed by atoms with Crippen molar-refractivity contribution in [2.45, 2.75) is 44.2 Å². The van der Waals surface area contributed by atoms with Gasteiger partial charge in [0.1, 0.15) is 5.82 Å². The average molecular weight is 481 g/mol. The lowest BCUT2D eigenvalue weighted by molar-refractivity contribution is 0.193. The average Bonchev–Trinajstić information content (AvgIpc) is 3.39. The van der Waals surface area contributed by atoms with Crippen LogP contribution < -0.4 is 14.4 Å². The van der Waals surface area contributed by atoms with E-state index >= 15 is 0 Å². The van der Waals surface area contributed by atoms with Crippen LogP contribution in [0.25, 0.3) is 0 Å². The second-order valence-electron chi connectivity index (χ2n) is 9.26. The predicted molar refractivity (Wildman–Crippen MR) is 132 cm³/mol. The molecule has 2 aliphatic rings. The molecule has 2 aromatic carbocycles. The van der Waals surface area contributed by atoms with Crippen LogP contribution in [0.2, 0.25) is 0 Å². The zero-order valence-electron chi connectivity index (χ0n) is 20.4. The molecule has 1 saturated heterocycles. The molecule has 186 valence electrons. The Bertz CT molecular complexity index is 1120. The van der Waals surface area contributed by atoms with E-state index in [1.807, 2.05) is 28.9 Å². The largest absolute Gasteiger partial charge is 0.493 e. The fourth-order valence-corrected chi connectivity index (χ4v) is 5.44. The summed E-state index contributed by atoms with van der Waals surface area (Å²) in [7, 11) is 3.29. The molecule has 0 N–H and O–H groups in total. The first kappa shape index (κ1) is 23.5. The Hall–Kier alpha value is -3.20. The maximum atomic E-state index is 14.4. The number of aromatic nitrogens is 4. The number of rotatable bonds is 7. The highest BCUT2D eigenvalue weighted by Crippen LogP contribution is 2.37. The third kappa shape index (κ3) is 4.82. The Morgan fingerprint density at radius 2 is 1.66 bits per heavy atom. The number of ether oxygens (including phenoxy) is 2. The van der Waals surface area contributed by atoms with Gasteiger partial charge in [-0.15, -0.1) is 5.10 Å². The first-order valence-corrected chi connectivity index (χ1v) is 12.4. The van der Waals surface area contributed by atoms with E-state index in [0.717, 1.165) is 50.4 Å². The van der Waals surface area contributed by atoms with Crippen LogP contribution in [0.4, 0.5) is 10.1 Å². The number of hydrogen-bond acceptors (Lipinski definition) is 7. The number of halogens is 1. The molecule has 0 spiro atoms. The molecule has 0 amide bonds. The van der Waals surface area contributed by atoms with Crippen LogP contribution in [-0.4, -0.2) is 65.5 Å². The molecule has 2 heterocycles. The molecule has 8 nitrogen and oxygen atoms in total. The van der Waals surface area contributed by atoms with Gasteiger partial charge in [0.05, 0.1) is 32.0 Å². The third-order valence-electron chi connectivity index (χ3n) is 7.28. The number of anilines is 1. The highest BCUT2D eigenvalue weighted by Gasteiger charge is 2.33. The summed E-state index contributed by atoms with van der Waals surface area (Å²) >= 11 is 0. The fraction of sp³-hybridized carbons (Fsp3) is 0.500. The van der Waals surface area contributed by atoms with Gasteiger partial charge in [-0.3, -0.25) is 4.90 Å². The monoisotopic (exact) mass is 480 g/mol. The molecule has 1 aliphatic carbocycles. The smallest absolute Gasteiger partial charge is 0.173 e. The van der Waals surface area contributed by atoms with Crippen molar-refractivity contribution in [3.05, 3.63) is 59.7 Å². The van der Waals surface area contributed by atoms with Gasteiger partial charge in [-0.25, -0.2) is 9.07 Å². The van der Waals surface area contributed by atoms with Gasteiger partial charge < -0.3 is 14.4 Å². The van der Waals surface area contributed by atoms with Crippen LogP contribution in [0.15, 0.2) is 42.5 Å². The van der Waals surface area contributed by atoms with Crippen molar-refractivity contribution >= 4 is 5.69 Å². The van der Waals surface area contributed by atoms with Gasteiger partial charge in [0, 0.05) is 26.2 Å². The van der Waals surface area contributed by atoms with Crippen molar-refractivity contribution in [1.82, 2.24) is 25.1 Å². The van der Waals surface area contributed by atoms with Gasteiger partial charge in [-0.2, -0.15) is 0 Å². The van der Waals surface area contributed by atoms with E-state index in [0.29, 0.717) is 23.2 Å². The minimum Gasteiger partial charge on any atom is -0.493 e. The Labute approximate surface area is 205 Å². The molecule has 1 aliphatic heterocycles. The van der Waals surface area contributed by atoms with Gasteiger partial charge in [0.2, 0.25) is 0 Å². The molecule has 9 heteroatoms. The number of nitrogens with zero attached hydrogens (tertiary/aromatic N) is 6. The summed E-state index contributed by atoms with van der Waals surface area (Å²) in [5, 5.41) is 13.1. The Morgan fingerprint density at radius 1 is 0.914 bits per heavy atom. The molecule has 1 atom stereocenters. The van der Waals surface area contributed by atoms with Crippen molar-refractivity contribution in [2.24, 2.45) is 0 Å². The number of tetrazole rings is 1. The summed E-state index contributed by atoms with van der Waals surface area (Å²) in [5.74, 6) is 2.03. The zero-order valence-corrected chi connectivity index (χ0v) is 20.4. The standard InChI is InChI=1S/C26H33FN6O2/c1-34-23-13-12-19(18-24(23)35-2)25(26-28-29-30-33(26)20-8-4-3-5-9-20)32-16-14-31(15-17-32)22-11-7-6-10-21(22)27/h6-7,10-13,18,20,25H,3-5,8-9,14-17H2,1-2H3/t25-/m0/s1. The van der Waals surface area contributed by atoms with Crippen molar-refractivity contribution in [2.75, 3.05) is 45.3 Å². The molecule has 0 bridgehead atoms. The van der Waals surface area contributed by atoms with Crippen LogP contribution in [0.1, 0.15) is 55.6 Å². The van der Waals surface area contributed by atoms with Crippen LogP contribution in [0.3, 0.4) is 0 Å². The highest BCUT2D eigenvalue weighted by atomic mass is 19.1. The topological polar surface area (TPSA) is 68.5 Å². The van der Waals surface area contributed by atoms with E-state index in [1.54, 1.807) is 20.3 Å². The first-order valence-electron chi connectivity index (χ1n) is 12.4. The van der Waals surface area contributed by atoms with E-state index in [4.69, 9.17) is 9.47 Å². The fourth-order valence-electron chi connectivity index (χ4n) is 5.44. The normalized spacial score (nSPS) is 18.4. The first-order chi connectivity index (χ1) is 17.2. The highest BCUT2D eigenvalue weighted by molar-refractivity contribution is 5.48. The number of methoxy groups -OCH3 is 2. The Kier molecular flexibility index (Phi) is 7.13. The maximum absolute atomic E-state index is 14.4. The van der Waals surface area contributed by atoms with Gasteiger partial charge in [0.25, 0.3) is 0 Å². The lowest BCUT2D eigenvalue weighted by Gasteiger charge is -2.40. The summed E-state index contributed by atoms with van der Waals surface area (Å²) in [4.78, 5) is 4.51. The second kappa shape index (κ2) is 10.6. The van der Waals surface area contributed by atoms with Crippen LogP contribution in [0, 0.1) is 5.82 Å². The molecule has 35 heavy (non-hydrogen) atoms. The zero-order chi connectivity index (χ0) is 24.2. The molecule has 5 rings (SSSR count). The molecule has 0 unspecified atom stereocenters. The molecular weight excluding hydrogens is 447 g/mol. The van der Waals surface area contributed by atoms with Gasteiger partial charge in [-0.1, -0.05) is 37.5 Å². The van der Waals surface area contributed by atoms with Crippen molar-refractivity contribution in [3.8, 4) is 11.5 Å². The molecule has 0 radical (unpaired) electrons. The molecule has 1 aromatic heterocycles. The number of para-hydroxylation sites is 1. The summed E-state index contributed by atoms with van der Waals surface area (Å²) in [5.41, 5.74) is 1.70. The number of piperazine rings is 1. The van der Waals surface area contributed by atoms with Gasteiger partial charge >= 0.3 is 0 Å². The maximum Gasteiger partial charge on any atom is 0.173 e. The van der Waals surface area contributed by atoms with Gasteiger partial charge in [-0.05, 0) is 53.1 Å². The van der Waals surface area contributed by atoms with Crippen LogP contribution in [0.5, 0.6) is 11.5 Å². The van der Waals surface area contributed by atoms with E-state index in [1.165, 1.54) is 25.3 Å². The minimum atomic E-state index is -0.182. The van der Waals surface area contributed by atoms with E-state index in [2.05, 4.69) is 31.4 Å². The SMILES string of the molecule is COc1ccc([C@@H](c2nnnn2C2CCCCC2)N2CCN(c3ccccc3F)CC2)cc1OC. The Balaban J connectivity index is 1.47. The third-order valence-corrected chi connectivity index (χ3v) is 7.28. The van der Waals surface area contributed by atoms with Crippen molar-refractivity contribution in [1.29, 1.82) is 0 Å². The van der Waals surface area contributed by atoms with Crippen LogP contribution >= 0.6 is 0 Å². The summed E-state index contributed by atoms with van der Waals surface area (Å²) in [6.45, 7) is 2.95. The lowest BCUT2D eigenvalue weighted by atomic mass is 9.95. The van der Waals surface area contributed by atoms with E-state index < -0.39 is 0 Å². The number of benzene rings is 2.